The van der Waals surface area contributed by atoms with Crippen LogP contribution in [0.5, 0.6) is 5.75 Å². The molecule has 0 aliphatic rings. The molecule has 0 heterocycles. The van der Waals surface area contributed by atoms with Crippen molar-refractivity contribution < 1.29 is 24.2 Å². The van der Waals surface area contributed by atoms with Crippen molar-refractivity contribution in [3.05, 3.63) is 27.7 Å². The highest BCUT2D eigenvalue weighted by Crippen LogP contribution is 2.33. The van der Waals surface area contributed by atoms with Crippen molar-refractivity contribution in [1.82, 2.24) is 5.32 Å². The van der Waals surface area contributed by atoms with E-state index in [0.717, 1.165) is 7.11 Å². The Morgan fingerprint density at radius 1 is 1.30 bits per heavy atom. The standard InChI is InChI=1S/C12H13Cl2NO5/c1-19-10-7(13)3-6(4-8(10)14)11(17)15-5-9(16)12(18)20-2/h3-4,9,16H,5H2,1-2H3,(H,15,17). The monoisotopic (exact) mass is 321 g/mol. The van der Waals surface area contributed by atoms with Gasteiger partial charge in [-0.1, -0.05) is 23.2 Å². The van der Waals surface area contributed by atoms with E-state index in [2.05, 4.69) is 10.1 Å². The van der Waals surface area contributed by atoms with Gasteiger partial charge in [-0.3, -0.25) is 4.79 Å². The molecule has 0 saturated heterocycles. The van der Waals surface area contributed by atoms with E-state index >= 15 is 0 Å². The molecular formula is C12H13Cl2NO5. The van der Waals surface area contributed by atoms with Crippen molar-refractivity contribution in [3.63, 3.8) is 0 Å². The summed E-state index contributed by atoms with van der Waals surface area (Å²) in [5.74, 6) is -1.12. The molecule has 0 radical (unpaired) electrons. The second kappa shape index (κ2) is 7.33. The highest BCUT2D eigenvalue weighted by Gasteiger charge is 2.18. The lowest BCUT2D eigenvalue weighted by atomic mass is 10.2. The van der Waals surface area contributed by atoms with Crippen LogP contribution in [0.4, 0.5) is 0 Å². The molecule has 1 aromatic carbocycles. The lowest BCUT2D eigenvalue weighted by Crippen LogP contribution is -2.37. The fourth-order valence-corrected chi connectivity index (χ4v) is 2.04. The van der Waals surface area contributed by atoms with Crippen LogP contribution < -0.4 is 10.1 Å². The van der Waals surface area contributed by atoms with Gasteiger partial charge < -0.3 is 19.9 Å². The average molecular weight is 322 g/mol. The van der Waals surface area contributed by atoms with Crippen LogP contribution in [0.1, 0.15) is 10.4 Å². The number of hydrogen-bond acceptors (Lipinski definition) is 5. The normalized spacial score (nSPS) is 11.7. The van der Waals surface area contributed by atoms with Gasteiger partial charge in [0.2, 0.25) is 0 Å². The number of ether oxygens (including phenoxy) is 2. The van der Waals surface area contributed by atoms with Crippen LogP contribution in [0.2, 0.25) is 10.0 Å². The molecule has 1 atom stereocenters. The van der Waals surface area contributed by atoms with Gasteiger partial charge in [0.25, 0.3) is 5.91 Å². The fourth-order valence-electron chi connectivity index (χ4n) is 1.40. The molecule has 8 heteroatoms. The maximum atomic E-state index is 11.8. The number of carbonyl (C=O) groups excluding carboxylic acids is 2. The summed E-state index contributed by atoms with van der Waals surface area (Å²) in [6.07, 6.45) is -1.44. The Balaban J connectivity index is 2.76. The van der Waals surface area contributed by atoms with E-state index in [9.17, 15) is 14.7 Å². The number of carbonyl (C=O) groups is 2. The predicted molar refractivity (Wildman–Crippen MR) is 73.4 cm³/mol. The number of nitrogens with one attached hydrogen (secondary N) is 1. The number of rotatable bonds is 5. The van der Waals surface area contributed by atoms with Crippen LogP contribution in [-0.4, -0.2) is 43.9 Å². The minimum Gasteiger partial charge on any atom is -0.494 e. The molecule has 110 valence electrons. The van der Waals surface area contributed by atoms with Crippen molar-refractivity contribution in [1.29, 1.82) is 0 Å². The van der Waals surface area contributed by atoms with Crippen LogP contribution >= 0.6 is 23.2 Å². The van der Waals surface area contributed by atoms with Gasteiger partial charge in [-0.2, -0.15) is 0 Å². The third kappa shape index (κ3) is 4.00. The molecule has 2 N–H and O–H groups in total. The van der Waals surface area contributed by atoms with E-state index < -0.39 is 18.0 Å². The lowest BCUT2D eigenvalue weighted by molar-refractivity contribution is -0.149. The van der Waals surface area contributed by atoms with Gasteiger partial charge in [0.1, 0.15) is 0 Å². The number of hydrogen-bond donors (Lipinski definition) is 2. The Labute approximate surface area is 125 Å². The van der Waals surface area contributed by atoms with Gasteiger partial charge in [0.05, 0.1) is 30.8 Å². The van der Waals surface area contributed by atoms with Crippen LogP contribution in [-0.2, 0) is 9.53 Å². The second-order valence-corrected chi connectivity index (χ2v) is 4.54. The quantitative estimate of drug-likeness (QED) is 0.798. The number of methoxy groups -OCH3 is 2. The Kier molecular flexibility index (Phi) is 6.06. The fraction of sp³-hybridized carbons (Fsp3) is 0.333. The summed E-state index contributed by atoms with van der Waals surface area (Å²) in [4.78, 5) is 22.8. The molecule has 0 aromatic heterocycles. The van der Waals surface area contributed by atoms with Crippen molar-refractivity contribution in [2.45, 2.75) is 6.10 Å². The zero-order chi connectivity index (χ0) is 15.3. The zero-order valence-corrected chi connectivity index (χ0v) is 12.3. The summed E-state index contributed by atoms with van der Waals surface area (Å²) >= 11 is 11.8. The third-order valence-electron chi connectivity index (χ3n) is 2.39. The molecule has 0 aliphatic carbocycles. The maximum absolute atomic E-state index is 11.8. The minimum absolute atomic E-state index is 0.179. The number of aliphatic hydroxyl groups excluding tert-OH is 1. The Morgan fingerprint density at radius 2 is 1.85 bits per heavy atom. The molecule has 20 heavy (non-hydrogen) atoms. The van der Waals surface area contributed by atoms with Crippen molar-refractivity contribution in [2.24, 2.45) is 0 Å². The van der Waals surface area contributed by atoms with Crippen molar-refractivity contribution in [2.75, 3.05) is 20.8 Å². The van der Waals surface area contributed by atoms with E-state index in [-0.39, 0.29) is 27.9 Å². The molecule has 1 rings (SSSR count). The first-order valence-corrected chi connectivity index (χ1v) is 6.23. The number of esters is 1. The summed E-state index contributed by atoms with van der Waals surface area (Å²) in [6, 6.07) is 2.73. The largest absolute Gasteiger partial charge is 0.494 e. The van der Waals surface area contributed by atoms with E-state index in [1.54, 1.807) is 0 Å². The molecular weight excluding hydrogens is 309 g/mol. The first-order valence-electron chi connectivity index (χ1n) is 5.47. The van der Waals surface area contributed by atoms with Crippen LogP contribution in [0.3, 0.4) is 0 Å². The third-order valence-corrected chi connectivity index (χ3v) is 2.96. The number of amides is 1. The van der Waals surface area contributed by atoms with Crippen LogP contribution in [0.25, 0.3) is 0 Å². The molecule has 0 spiro atoms. The molecule has 0 saturated carbocycles. The predicted octanol–water partition coefficient (Wildman–Crippen LogP) is 1.27. The van der Waals surface area contributed by atoms with E-state index in [0.29, 0.717) is 0 Å². The van der Waals surface area contributed by atoms with Gasteiger partial charge in [0.15, 0.2) is 11.9 Å². The summed E-state index contributed by atoms with van der Waals surface area (Å²) in [5.41, 5.74) is 0.179. The SMILES string of the molecule is COC(=O)C(O)CNC(=O)c1cc(Cl)c(OC)c(Cl)c1. The van der Waals surface area contributed by atoms with E-state index in [1.165, 1.54) is 19.2 Å². The molecule has 1 amide bonds. The summed E-state index contributed by atoms with van der Waals surface area (Å²) in [7, 11) is 2.54. The highest BCUT2D eigenvalue weighted by molar-refractivity contribution is 6.37. The van der Waals surface area contributed by atoms with Gasteiger partial charge >= 0.3 is 5.97 Å². The highest BCUT2D eigenvalue weighted by atomic mass is 35.5. The molecule has 0 fully saturated rings. The summed E-state index contributed by atoms with van der Waals surface area (Å²) in [5, 5.41) is 12.1. The number of benzene rings is 1. The van der Waals surface area contributed by atoms with E-state index in [1.807, 2.05) is 0 Å². The number of aliphatic hydroxyl groups is 1. The lowest BCUT2D eigenvalue weighted by Gasteiger charge is -2.11. The molecule has 0 aliphatic heterocycles. The molecule has 1 aromatic rings. The summed E-state index contributed by atoms with van der Waals surface area (Å²) < 4.78 is 9.28. The van der Waals surface area contributed by atoms with Crippen molar-refractivity contribution >= 4 is 35.1 Å². The average Bonchev–Trinajstić information content (AvgIpc) is 2.42. The number of halogens is 2. The molecule has 6 nitrogen and oxygen atoms in total. The van der Waals surface area contributed by atoms with Gasteiger partial charge in [-0.25, -0.2) is 4.79 Å². The van der Waals surface area contributed by atoms with Gasteiger partial charge in [-0.15, -0.1) is 0 Å². The first-order chi connectivity index (χ1) is 9.40. The zero-order valence-electron chi connectivity index (χ0n) is 10.8. The smallest absolute Gasteiger partial charge is 0.336 e. The molecule has 0 bridgehead atoms. The Morgan fingerprint density at radius 3 is 2.30 bits per heavy atom. The van der Waals surface area contributed by atoms with Crippen LogP contribution in [0, 0.1) is 0 Å². The van der Waals surface area contributed by atoms with Crippen LogP contribution in [0.15, 0.2) is 12.1 Å². The van der Waals surface area contributed by atoms with Gasteiger partial charge in [0, 0.05) is 5.56 Å². The molecule has 1 unspecified atom stereocenters. The Bertz CT molecular complexity index is 498. The van der Waals surface area contributed by atoms with E-state index in [4.69, 9.17) is 27.9 Å². The van der Waals surface area contributed by atoms with Crippen molar-refractivity contribution in [3.8, 4) is 5.75 Å². The topological polar surface area (TPSA) is 84.9 Å². The Hall–Kier alpha value is -1.50. The maximum Gasteiger partial charge on any atom is 0.336 e. The van der Waals surface area contributed by atoms with Gasteiger partial charge in [-0.05, 0) is 12.1 Å². The first kappa shape index (κ1) is 16.6. The second-order valence-electron chi connectivity index (χ2n) is 3.72. The minimum atomic E-state index is -1.44. The summed E-state index contributed by atoms with van der Waals surface area (Å²) in [6.45, 7) is -0.285.